The number of hydrogen-bond acceptors (Lipinski definition) is 0. The minimum absolute atomic E-state index is 0.218. The third-order valence-corrected chi connectivity index (χ3v) is 0.898. The Morgan fingerprint density at radius 1 is 1.50 bits per heavy atom. The first kappa shape index (κ1) is 10.1. The zero-order valence-corrected chi connectivity index (χ0v) is 9.42. The topological polar surface area (TPSA) is 0 Å². The molecule has 0 nitrogen and oxygen atoms in total. The maximum atomic E-state index is 12.1. The monoisotopic (exact) mass is 208 g/mol. The van der Waals surface area contributed by atoms with E-state index in [9.17, 15) is 4.39 Å². The van der Waals surface area contributed by atoms with E-state index in [0.717, 1.165) is 22.9 Å². The van der Waals surface area contributed by atoms with Gasteiger partial charge >= 0.3 is 27.0 Å². The van der Waals surface area contributed by atoms with Gasteiger partial charge in [-0.1, -0.05) is 6.92 Å². The quantitative estimate of drug-likeness (QED) is 0.456. The summed E-state index contributed by atoms with van der Waals surface area (Å²) in [6, 6.07) is 7.17. The molecule has 1 aromatic rings. The van der Waals surface area contributed by atoms with Gasteiger partial charge in [0.2, 0.25) is 0 Å². The molecule has 0 N–H and O–H groups in total. The summed E-state index contributed by atoms with van der Waals surface area (Å²) in [5, 5.41) is 0. The average molecular weight is 210 g/mol. The van der Waals surface area contributed by atoms with E-state index in [1.54, 1.807) is 6.07 Å². The van der Waals surface area contributed by atoms with Crippen LogP contribution in [0.4, 0.5) is 4.39 Å². The fourth-order valence-corrected chi connectivity index (χ4v) is 0.554. The molecule has 0 spiro atoms. The van der Waals surface area contributed by atoms with E-state index in [4.69, 9.17) is 9.69 Å². The average Bonchev–Trinajstić information content (AvgIpc) is 1.91. The summed E-state index contributed by atoms with van der Waals surface area (Å²) in [6.07, 6.45) is 0. The van der Waals surface area contributed by atoms with Crippen molar-refractivity contribution < 1.29 is 21.7 Å². The van der Waals surface area contributed by atoms with Gasteiger partial charge in [0.25, 0.3) is 0 Å². The van der Waals surface area contributed by atoms with Crippen LogP contribution in [0.5, 0.6) is 0 Å². The zero-order chi connectivity index (χ0) is 7.98. The summed E-state index contributed by atoms with van der Waals surface area (Å²) in [4.78, 5) is 0. The van der Waals surface area contributed by atoms with E-state index in [1.807, 2.05) is 6.92 Å². The van der Waals surface area contributed by atoms with Crippen molar-refractivity contribution in [3.63, 3.8) is 0 Å². The SMILES string of the molecule is Cc1c[c-]cc(F)c1.[Cl][Zn+]. The fourth-order valence-electron chi connectivity index (χ4n) is 0.554. The molecule has 1 aromatic carbocycles. The van der Waals surface area contributed by atoms with Gasteiger partial charge in [0, 0.05) is 5.82 Å². The van der Waals surface area contributed by atoms with Gasteiger partial charge in [-0.05, 0) is 0 Å². The summed E-state index contributed by atoms with van der Waals surface area (Å²) < 4.78 is 12.1. The Bertz CT molecular complexity index is 173. The van der Waals surface area contributed by atoms with Crippen LogP contribution in [0.15, 0.2) is 18.2 Å². The zero-order valence-electron chi connectivity index (χ0n) is 5.70. The van der Waals surface area contributed by atoms with E-state index in [-0.39, 0.29) is 5.82 Å². The van der Waals surface area contributed by atoms with Crippen LogP contribution in [-0.2, 0) is 17.3 Å². The van der Waals surface area contributed by atoms with Gasteiger partial charge in [0.1, 0.15) is 0 Å². The molecule has 0 saturated carbocycles. The molecular weight excluding hydrogens is 204 g/mol. The number of benzene rings is 1. The number of rotatable bonds is 0. The molecule has 0 aliphatic heterocycles. The van der Waals surface area contributed by atoms with Crippen LogP contribution >= 0.6 is 9.69 Å². The molecule has 0 bridgehead atoms. The van der Waals surface area contributed by atoms with Crippen molar-refractivity contribution in [2.45, 2.75) is 6.92 Å². The van der Waals surface area contributed by atoms with Crippen molar-refractivity contribution in [3.05, 3.63) is 35.6 Å². The maximum absolute atomic E-state index is 12.1. The molecule has 0 radical (unpaired) electrons. The summed E-state index contributed by atoms with van der Waals surface area (Å²) in [6.45, 7) is 1.83. The van der Waals surface area contributed by atoms with Crippen LogP contribution in [-0.4, -0.2) is 0 Å². The van der Waals surface area contributed by atoms with Crippen LogP contribution < -0.4 is 0 Å². The first-order chi connectivity index (χ1) is 4.79. The Morgan fingerprint density at radius 3 is 2.40 bits per heavy atom. The second kappa shape index (κ2) is 5.82. The van der Waals surface area contributed by atoms with Gasteiger partial charge in [-0.2, -0.15) is 17.7 Å². The number of aryl methyl sites for hydroxylation is 1. The first-order valence-corrected chi connectivity index (χ1v) is 6.59. The van der Waals surface area contributed by atoms with E-state index in [1.165, 1.54) is 12.1 Å². The second-order valence-corrected chi connectivity index (χ2v) is 1.73. The molecule has 0 aromatic heterocycles. The predicted octanol–water partition coefficient (Wildman–Crippen LogP) is 2.62. The summed E-state index contributed by atoms with van der Waals surface area (Å²) >= 11 is 0.847. The van der Waals surface area contributed by atoms with E-state index < -0.39 is 0 Å². The van der Waals surface area contributed by atoms with Crippen LogP contribution in [0.2, 0.25) is 0 Å². The molecule has 0 amide bonds. The normalized spacial score (nSPS) is 8.10. The summed E-state index contributed by atoms with van der Waals surface area (Å²) in [5.41, 5.74) is 0.907. The summed E-state index contributed by atoms with van der Waals surface area (Å²) in [7, 11) is 4.76. The van der Waals surface area contributed by atoms with Gasteiger partial charge < -0.3 is 0 Å². The molecular formula is C7H6ClFZn. The number of hydrogen-bond donors (Lipinski definition) is 0. The van der Waals surface area contributed by atoms with Crippen molar-refractivity contribution in [1.29, 1.82) is 0 Å². The molecule has 3 heteroatoms. The Kier molecular flexibility index (Phi) is 5.86. The molecule has 0 heterocycles. The van der Waals surface area contributed by atoms with E-state index >= 15 is 0 Å². The Balaban J connectivity index is 0.000000371. The minimum atomic E-state index is -0.218. The van der Waals surface area contributed by atoms with Crippen molar-refractivity contribution in [2.24, 2.45) is 0 Å². The van der Waals surface area contributed by atoms with Crippen molar-refractivity contribution in [1.82, 2.24) is 0 Å². The molecule has 0 saturated heterocycles. The summed E-state index contributed by atoms with van der Waals surface area (Å²) in [5.74, 6) is -0.218. The Morgan fingerprint density at radius 2 is 2.10 bits per heavy atom. The third kappa shape index (κ3) is 3.97. The van der Waals surface area contributed by atoms with Crippen LogP contribution in [0, 0.1) is 18.8 Å². The van der Waals surface area contributed by atoms with Gasteiger partial charge in [-0.25, -0.2) is 0 Å². The van der Waals surface area contributed by atoms with Crippen LogP contribution in [0.3, 0.4) is 0 Å². The van der Waals surface area contributed by atoms with Gasteiger partial charge in [-0.15, -0.1) is 12.1 Å². The molecule has 1 rings (SSSR count). The van der Waals surface area contributed by atoms with Crippen molar-refractivity contribution in [2.75, 3.05) is 0 Å². The standard InChI is InChI=1S/C7H6F.ClH.Zn/c1-6-3-2-4-7(8)5-6;;/h3-5H,1H3;1H;/q-1;;+2/p-1. The van der Waals surface area contributed by atoms with Crippen molar-refractivity contribution in [3.8, 4) is 0 Å². The number of halogens is 2. The molecule has 0 unspecified atom stereocenters. The molecule has 0 aliphatic rings. The third-order valence-electron chi connectivity index (χ3n) is 0.898. The molecule has 50 valence electrons. The fraction of sp³-hybridized carbons (Fsp3) is 0.143. The van der Waals surface area contributed by atoms with E-state index in [2.05, 4.69) is 6.07 Å². The first-order valence-electron chi connectivity index (χ1n) is 2.69. The van der Waals surface area contributed by atoms with Crippen LogP contribution in [0.25, 0.3) is 0 Å². The van der Waals surface area contributed by atoms with Crippen molar-refractivity contribution >= 4 is 9.69 Å². The molecule has 10 heavy (non-hydrogen) atoms. The van der Waals surface area contributed by atoms with Gasteiger partial charge in [0.05, 0.1) is 0 Å². The van der Waals surface area contributed by atoms with Gasteiger partial charge in [0.15, 0.2) is 0 Å². The molecule has 0 fully saturated rings. The van der Waals surface area contributed by atoms with E-state index in [0.29, 0.717) is 0 Å². The predicted molar refractivity (Wildman–Crippen MR) is 35.8 cm³/mol. The van der Waals surface area contributed by atoms with Gasteiger partial charge in [-0.3, -0.25) is 4.39 Å². The Hall–Kier alpha value is 0.0634. The van der Waals surface area contributed by atoms with Crippen LogP contribution in [0.1, 0.15) is 5.56 Å². The molecule has 0 aliphatic carbocycles. The second-order valence-electron chi connectivity index (χ2n) is 1.73. The molecule has 0 atom stereocenters. The Labute approximate surface area is 74.1 Å².